The Morgan fingerprint density at radius 1 is 1.18 bits per heavy atom. The van der Waals surface area contributed by atoms with Crippen LogP contribution in [0, 0.1) is 16.7 Å². The first-order valence-corrected chi connectivity index (χ1v) is 13.2. The zero-order valence-corrected chi connectivity index (χ0v) is 23.1. The average Bonchev–Trinajstić information content (AvgIpc) is 3.43. The van der Waals surface area contributed by atoms with Gasteiger partial charge < -0.3 is 19.4 Å². The van der Waals surface area contributed by atoms with Crippen LogP contribution < -0.4 is 9.80 Å². The van der Waals surface area contributed by atoms with E-state index in [4.69, 9.17) is 14.7 Å². The molecular formula is C28H36N8O2. The Labute approximate surface area is 223 Å². The summed E-state index contributed by atoms with van der Waals surface area (Å²) in [4.78, 5) is 33.2. The van der Waals surface area contributed by atoms with Crippen molar-refractivity contribution in [3.63, 3.8) is 0 Å². The van der Waals surface area contributed by atoms with Crippen LogP contribution in [0.3, 0.4) is 0 Å². The fraction of sp³-hybridized carbons (Fsp3) is 0.536. The maximum atomic E-state index is 12.7. The zero-order valence-electron chi connectivity index (χ0n) is 23.1. The standard InChI is InChI=1S/C28H36N8O2/c1-19-15-33(26(37)38-27(2,3)4)11-12-35(19)24-23-21(34-10-8-28(5,6)17-34)16-36(25(23)32-18-31-24)22-13-20(14-29)7-9-30-22/h7,9,13,16,18-19H,8,10-12,15,17H2,1-6H3/t19-/m0/s1. The molecule has 0 saturated carbocycles. The van der Waals surface area contributed by atoms with Crippen molar-refractivity contribution in [2.45, 2.75) is 59.6 Å². The lowest BCUT2D eigenvalue weighted by molar-refractivity contribution is 0.0218. The molecule has 0 radical (unpaired) electrons. The van der Waals surface area contributed by atoms with Gasteiger partial charge in [-0.15, -0.1) is 0 Å². The highest BCUT2D eigenvalue weighted by atomic mass is 16.6. The van der Waals surface area contributed by atoms with Gasteiger partial charge in [0.05, 0.1) is 22.7 Å². The van der Waals surface area contributed by atoms with Gasteiger partial charge in [-0.2, -0.15) is 5.26 Å². The number of carbonyl (C=O) groups excluding carboxylic acids is 1. The number of nitriles is 1. The third-order valence-corrected chi connectivity index (χ3v) is 7.23. The monoisotopic (exact) mass is 516 g/mol. The second-order valence-electron chi connectivity index (χ2n) is 12.1. The molecule has 200 valence electrons. The lowest BCUT2D eigenvalue weighted by Crippen LogP contribution is -2.54. The number of anilines is 2. The predicted octanol–water partition coefficient (Wildman–Crippen LogP) is 4.37. The van der Waals surface area contributed by atoms with E-state index in [0.29, 0.717) is 31.0 Å². The van der Waals surface area contributed by atoms with E-state index in [9.17, 15) is 10.1 Å². The lowest BCUT2D eigenvalue weighted by atomic mass is 9.93. The van der Waals surface area contributed by atoms with Gasteiger partial charge in [0.2, 0.25) is 0 Å². The van der Waals surface area contributed by atoms with Crippen LogP contribution in [0.15, 0.2) is 30.9 Å². The van der Waals surface area contributed by atoms with Crippen molar-refractivity contribution in [2.75, 3.05) is 42.5 Å². The van der Waals surface area contributed by atoms with Crippen LogP contribution in [0.1, 0.15) is 53.5 Å². The Balaban J connectivity index is 1.56. The first-order chi connectivity index (χ1) is 18.0. The van der Waals surface area contributed by atoms with Crippen molar-refractivity contribution in [1.82, 2.24) is 24.4 Å². The van der Waals surface area contributed by atoms with E-state index in [2.05, 4.69) is 47.8 Å². The normalized spacial score (nSPS) is 19.6. The van der Waals surface area contributed by atoms with E-state index in [1.807, 2.05) is 25.3 Å². The summed E-state index contributed by atoms with van der Waals surface area (Å²) in [5.41, 5.74) is 2.03. The smallest absolute Gasteiger partial charge is 0.410 e. The molecule has 38 heavy (non-hydrogen) atoms. The number of rotatable bonds is 3. The molecule has 3 aromatic rings. The van der Waals surface area contributed by atoms with Crippen molar-refractivity contribution in [1.29, 1.82) is 5.26 Å². The van der Waals surface area contributed by atoms with Crippen LogP contribution in [-0.2, 0) is 4.74 Å². The SMILES string of the molecule is C[C@H]1CN(C(=O)OC(C)(C)C)CCN1c1ncnc2c1c(N1CCC(C)(C)C1)cn2-c1cc(C#N)ccn1. The quantitative estimate of drug-likeness (QED) is 0.506. The van der Waals surface area contributed by atoms with Crippen LogP contribution in [0.25, 0.3) is 16.9 Å². The molecule has 2 saturated heterocycles. The summed E-state index contributed by atoms with van der Waals surface area (Å²) in [5, 5.41) is 10.4. The highest BCUT2D eigenvalue weighted by Crippen LogP contribution is 2.41. The van der Waals surface area contributed by atoms with E-state index in [-0.39, 0.29) is 17.6 Å². The number of fused-ring (bicyclic) bond motifs is 1. The van der Waals surface area contributed by atoms with Crippen molar-refractivity contribution < 1.29 is 9.53 Å². The number of carbonyl (C=O) groups is 1. The molecule has 1 amide bonds. The van der Waals surface area contributed by atoms with Gasteiger partial charge in [-0.25, -0.2) is 19.7 Å². The molecule has 2 fully saturated rings. The van der Waals surface area contributed by atoms with Gasteiger partial charge in [0, 0.05) is 51.2 Å². The highest BCUT2D eigenvalue weighted by molar-refractivity contribution is 6.01. The van der Waals surface area contributed by atoms with Gasteiger partial charge in [-0.3, -0.25) is 4.57 Å². The van der Waals surface area contributed by atoms with E-state index >= 15 is 0 Å². The van der Waals surface area contributed by atoms with Crippen LogP contribution >= 0.6 is 0 Å². The minimum absolute atomic E-state index is 0.0284. The first-order valence-electron chi connectivity index (χ1n) is 13.2. The molecule has 0 N–H and O–H groups in total. The van der Waals surface area contributed by atoms with Crippen molar-refractivity contribution in [2.24, 2.45) is 5.41 Å². The topological polar surface area (TPSA) is 103 Å². The maximum absolute atomic E-state index is 12.7. The molecular weight excluding hydrogens is 480 g/mol. The molecule has 10 heteroatoms. The number of aromatic nitrogens is 4. The van der Waals surface area contributed by atoms with E-state index in [1.54, 1.807) is 29.6 Å². The Hall–Kier alpha value is -3.87. The fourth-order valence-electron chi connectivity index (χ4n) is 5.36. The zero-order chi connectivity index (χ0) is 27.2. The number of amides is 1. The van der Waals surface area contributed by atoms with Gasteiger partial charge >= 0.3 is 6.09 Å². The largest absolute Gasteiger partial charge is 0.444 e. The molecule has 0 aliphatic carbocycles. The summed E-state index contributed by atoms with van der Waals surface area (Å²) in [7, 11) is 0. The Kier molecular flexibility index (Phi) is 6.41. The van der Waals surface area contributed by atoms with E-state index < -0.39 is 5.60 Å². The minimum Gasteiger partial charge on any atom is -0.444 e. The molecule has 3 aromatic heterocycles. The first kappa shape index (κ1) is 25.8. The number of piperazine rings is 1. The Morgan fingerprint density at radius 3 is 2.63 bits per heavy atom. The van der Waals surface area contributed by atoms with Gasteiger partial charge in [-0.1, -0.05) is 13.8 Å². The highest BCUT2D eigenvalue weighted by Gasteiger charge is 2.35. The van der Waals surface area contributed by atoms with Crippen molar-refractivity contribution >= 4 is 28.6 Å². The number of ether oxygens (including phenoxy) is 1. The Morgan fingerprint density at radius 2 is 1.97 bits per heavy atom. The van der Waals surface area contributed by atoms with Gasteiger partial charge in [0.1, 0.15) is 23.6 Å². The van der Waals surface area contributed by atoms with Crippen LogP contribution in [0.4, 0.5) is 16.3 Å². The average molecular weight is 517 g/mol. The third kappa shape index (κ3) is 4.97. The van der Waals surface area contributed by atoms with Gasteiger partial charge in [0.25, 0.3) is 0 Å². The summed E-state index contributed by atoms with van der Waals surface area (Å²) in [6, 6.07) is 5.71. The van der Waals surface area contributed by atoms with Crippen LogP contribution in [0.2, 0.25) is 0 Å². The van der Waals surface area contributed by atoms with E-state index in [1.165, 1.54) is 0 Å². The number of pyridine rings is 1. The summed E-state index contributed by atoms with van der Waals surface area (Å²) in [5.74, 6) is 1.49. The van der Waals surface area contributed by atoms with Crippen LogP contribution in [0.5, 0.6) is 0 Å². The lowest BCUT2D eigenvalue weighted by Gasteiger charge is -2.41. The van der Waals surface area contributed by atoms with Crippen molar-refractivity contribution in [3.05, 3.63) is 36.4 Å². The summed E-state index contributed by atoms with van der Waals surface area (Å²) in [6.45, 7) is 15.9. The maximum Gasteiger partial charge on any atom is 0.410 e. The molecule has 10 nitrogen and oxygen atoms in total. The summed E-state index contributed by atoms with van der Waals surface area (Å²) >= 11 is 0. The third-order valence-electron chi connectivity index (χ3n) is 7.23. The molecule has 0 bridgehead atoms. The molecule has 0 unspecified atom stereocenters. The minimum atomic E-state index is -0.533. The second kappa shape index (κ2) is 9.46. The van der Waals surface area contributed by atoms with Crippen molar-refractivity contribution in [3.8, 4) is 11.9 Å². The fourth-order valence-corrected chi connectivity index (χ4v) is 5.36. The van der Waals surface area contributed by atoms with Crippen LogP contribution in [-0.4, -0.2) is 74.9 Å². The molecule has 5 heterocycles. The van der Waals surface area contributed by atoms with E-state index in [0.717, 1.165) is 42.0 Å². The number of hydrogen-bond acceptors (Lipinski definition) is 8. The molecule has 1 atom stereocenters. The Bertz CT molecular complexity index is 1400. The molecule has 2 aliphatic rings. The molecule has 0 spiro atoms. The number of hydrogen-bond donors (Lipinski definition) is 0. The summed E-state index contributed by atoms with van der Waals surface area (Å²) in [6.07, 6.45) is 6.13. The van der Waals surface area contributed by atoms with Gasteiger partial charge in [-0.05, 0) is 51.7 Å². The molecule has 2 aliphatic heterocycles. The molecule has 5 rings (SSSR count). The molecule has 0 aromatic carbocycles. The van der Waals surface area contributed by atoms with Gasteiger partial charge in [0.15, 0.2) is 5.65 Å². The number of nitrogens with zero attached hydrogens (tertiary/aromatic N) is 8. The summed E-state index contributed by atoms with van der Waals surface area (Å²) < 4.78 is 7.58. The second-order valence-corrected chi connectivity index (χ2v) is 12.1. The predicted molar refractivity (Wildman–Crippen MR) is 147 cm³/mol.